The van der Waals surface area contributed by atoms with Gasteiger partial charge in [-0.25, -0.2) is 18.1 Å². The van der Waals surface area contributed by atoms with Gasteiger partial charge in [-0.1, -0.05) is 23.4 Å². The minimum atomic E-state index is -3.87. The van der Waals surface area contributed by atoms with E-state index in [9.17, 15) is 18.0 Å². The molecule has 110 valence electrons. The molecule has 2 heterocycles. The Labute approximate surface area is 124 Å². The number of nitrogens with one attached hydrogen (secondary N) is 1. The Morgan fingerprint density at radius 2 is 2.20 bits per heavy atom. The summed E-state index contributed by atoms with van der Waals surface area (Å²) in [4.78, 5) is 27.4. The van der Waals surface area contributed by atoms with Gasteiger partial charge in [0.05, 0.1) is 12.1 Å². The number of carbonyl (C=O) groups is 2. The summed E-state index contributed by atoms with van der Waals surface area (Å²) in [5, 5.41) is -0.665. The normalized spacial score (nSPS) is 16.2. The number of imidazole rings is 1. The third-order valence-electron chi connectivity index (χ3n) is 2.56. The van der Waals surface area contributed by atoms with Crippen molar-refractivity contribution < 1.29 is 18.0 Å². The molecule has 0 radical (unpaired) electrons. The number of nitrogens with zero attached hydrogens (tertiary/aromatic N) is 3. The van der Waals surface area contributed by atoms with Gasteiger partial charge in [0, 0.05) is 20.1 Å². The molecule has 0 unspecified atom stereocenters. The molecule has 8 nitrogen and oxygen atoms in total. The van der Waals surface area contributed by atoms with Gasteiger partial charge in [0.25, 0.3) is 15.3 Å². The summed E-state index contributed by atoms with van der Waals surface area (Å²) < 4.78 is 27.5. The molecule has 1 aromatic heterocycles. The van der Waals surface area contributed by atoms with Crippen LogP contribution in [0.3, 0.4) is 0 Å². The molecule has 20 heavy (non-hydrogen) atoms. The van der Waals surface area contributed by atoms with Crippen molar-refractivity contribution in [2.75, 3.05) is 18.8 Å². The van der Waals surface area contributed by atoms with E-state index in [4.69, 9.17) is 11.6 Å². The molecule has 1 aromatic rings. The molecule has 1 aliphatic rings. The molecule has 0 atom stereocenters. The van der Waals surface area contributed by atoms with Gasteiger partial charge in [-0.05, 0) is 0 Å². The SMILES string of the molecule is Cn1cnc(S(=O)(=O)NCCN2C(=O)CSC2=O)c1Cl. The molecule has 0 aliphatic carbocycles. The molecule has 1 fully saturated rings. The first-order valence-electron chi connectivity index (χ1n) is 5.46. The van der Waals surface area contributed by atoms with Crippen molar-refractivity contribution in [3.8, 4) is 0 Å². The van der Waals surface area contributed by atoms with E-state index in [2.05, 4.69) is 9.71 Å². The number of thioether (sulfide) groups is 1. The number of aromatic nitrogens is 2. The van der Waals surface area contributed by atoms with Crippen LogP contribution in [0.2, 0.25) is 5.15 Å². The van der Waals surface area contributed by atoms with Gasteiger partial charge in [-0.15, -0.1) is 0 Å². The van der Waals surface area contributed by atoms with Crippen LogP contribution in [0.15, 0.2) is 11.4 Å². The minimum Gasteiger partial charge on any atom is -0.324 e. The molecule has 1 aliphatic heterocycles. The van der Waals surface area contributed by atoms with Gasteiger partial charge in [-0.2, -0.15) is 0 Å². The molecule has 0 saturated carbocycles. The van der Waals surface area contributed by atoms with Crippen LogP contribution < -0.4 is 4.72 Å². The largest absolute Gasteiger partial charge is 0.324 e. The Morgan fingerprint density at radius 1 is 1.50 bits per heavy atom. The number of carbonyl (C=O) groups excluding carboxylic acids is 2. The van der Waals surface area contributed by atoms with E-state index in [1.54, 1.807) is 7.05 Å². The Morgan fingerprint density at radius 3 is 2.70 bits per heavy atom. The van der Waals surface area contributed by atoms with Crippen molar-refractivity contribution >= 4 is 44.5 Å². The molecular weight excluding hydrogens is 328 g/mol. The Kier molecular flexibility index (Phi) is 4.37. The molecular formula is C9H11ClN4O4S2. The number of imide groups is 1. The van der Waals surface area contributed by atoms with Crippen LogP contribution in [-0.2, 0) is 21.9 Å². The van der Waals surface area contributed by atoms with Crippen molar-refractivity contribution in [3.63, 3.8) is 0 Å². The van der Waals surface area contributed by atoms with Gasteiger partial charge < -0.3 is 4.57 Å². The van der Waals surface area contributed by atoms with E-state index in [0.717, 1.165) is 16.7 Å². The Hall–Kier alpha value is -1.10. The second-order valence-corrected chi connectivity index (χ2v) is 6.92. The number of sulfonamides is 1. The third kappa shape index (κ3) is 2.97. The minimum absolute atomic E-state index is 0.0126. The summed E-state index contributed by atoms with van der Waals surface area (Å²) in [6.45, 7) is -0.109. The van der Waals surface area contributed by atoms with Gasteiger partial charge in [0.2, 0.25) is 10.9 Å². The van der Waals surface area contributed by atoms with Gasteiger partial charge in [0.15, 0.2) is 0 Å². The van der Waals surface area contributed by atoms with Crippen molar-refractivity contribution in [1.29, 1.82) is 0 Å². The first-order valence-corrected chi connectivity index (χ1v) is 8.31. The average Bonchev–Trinajstić information content (AvgIpc) is 2.87. The zero-order valence-electron chi connectivity index (χ0n) is 10.4. The van der Waals surface area contributed by atoms with E-state index in [0.29, 0.717) is 0 Å². The van der Waals surface area contributed by atoms with Crippen LogP contribution in [0.1, 0.15) is 0 Å². The highest BCUT2D eigenvalue weighted by molar-refractivity contribution is 8.14. The predicted octanol–water partition coefficient (Wildman–Crippen LogP) is 0.0472. The maximum atomic E-state index is 11.9. The number of hydrogen-bond acceptors (Lipinski definition) is 6. The number of halogens is 1. The highest BCUT2D eigenvalue weighted by atomic mass is 35.5. The standard InChI is InChI=1S/C9H11ClN4O4S2/c1-13-5-11-8(7(13)10)20(17,18)12-2-3-14-6(15)4-19-9(14)16/h5,12H,2-4H2,1H3. The summed E-state index contributed by atoms with van der Waals surface area (Å²) in [5.41, 5.74) is 0. The summed E-state index contributed by atoms with van der Waals surface area (Å²) in [6, 6.07) is 0. The van der Waals surface area contributed by atoms with Crippen LogP contribution in [0, 0.1) is 0 Å². The van der Waals surface area contributed by atoms with E-state index in [-0.39, 0.29) is 40.2 Å². The smallest absolute Gasteiger partial charge is 0.288 e. The fourth-order valence-corrected chi connectivity index (χ4v) is 3.73. The summed E-state index contributed by atoms with van der Waals surface area (Å²) in [6.07, 6.45) is 1.28. The molecule has 2 rings (SSSR count). The molecule has 1 N–H and O–H groups in total. The molecule has 2 amide bonds. The summed E-state index contributed by atoms with van der Waals surface area (Å²) in [5.74, 6) is -0.229. The van der Waals surface area contributed by atoms with E-state index in [1.165, 1.54) is 10.9 Å². The Bertz CT molecular complexity index is 641. The first-order chi connectivity index (χ1) is 9.33. The number of hydrogen-bond donors (Lipinski definition) is 1. The van der Waals surface area contributed by atoms with Gasteiger partial charge >= 0.3 is 0 Å². The lowest BCUT2D eigenvalue weighted by Crippen LogP contribution is -2.37. The highest BCUT2D eigenvalue weighted by Gasteiger charge is 2.30. The average molecular weight is 339 g/mol. The fourth-order valence-electron chi connectivity index (χ4n) is 1.53. The van der Waals surface area contributed by atoms with E-state index in [1.807, 2.05) is 0 Å². The van der Waals surface area contributed by atoms with Crippen molar-refractivity contribution in [3.05, 3.63) is 11.5 Å². The molecule has 0 spiro atoms. The van der Waals surface area contributed by atoms with E-state index >= 15 is 0 Å². The molecule has 0 bridgehead atoms. The second-order valence-electron chi connectivity index (χ2n) is 3.95. The van der Waals surface area contributed by atoms with Crippen LogP contribution in [0.25, 0.3) is 0 Å². The third-order valence-corrected chi connectivity index (χ3v) is 5.37. The quantitative estimate of drug-likeness (QED) is 0.813. The lowest BCUT2D eigenvalue weighted by molar-refractivity contribution is -0.124. The number of amides is 2. The van der Waals surface area contributed by atoms with Crippen molar-refractivity contribution in [2.45, 2.75) is 5.03 Å². The number of rotatable bonds is 5. The highest BCUT2D eigenvalue weighted by Crippen LogP contribution is 2.19. The topological polar surface area (TPSA) is 101 Å². The van der Waals surface area contributed by atoms with E-state index < -0.39 is 10.0 Å². The summed E-state index contributed by atoms with van der Waals surface area (Å²) >= 11 is 6.70. The zero-order chi connectivity index (χ0) is 14.9. The summed E-state index contributed by atoms with van der Waals surface area (Å²) in [7, 11) is -2.30. The van der Waals surface area contributed by atoms with Crippen LogP contribution in [0.4, 0.5) is 4.79 Å². The molecule has 1 saturated heterocycles. The van der Waals surface area contributed by atoms with Crippen LogP contribution >= 0.6 is 23.4 Å². The second kappa shape index (κ2) is 5.72. The zero-order valence-corrected chi connectivity index (χ0v) is 12.8. The van der Waals surface area contributed by atoms with Crippen LogP contribution in [-0.4, -0.2) is 52.9 Å². The predicted molar refractivity (Wildman–Crippen MR) is 73.0 cm³/mol. The maximum absolute atomic E-state index is 11.9. The van der Waals surface area contributed by atoms with Crippen LogP contribution in [0.5, 0.6) is 0 Å². The fraction of sp³-hybridized carbons (Fsp3) is 0.444. The molecule has 0 aromatic carbocycles. The first kappa shape index (κ1) is 15.3. The number of aryl methyl sites for hydroxylation is 1. The van der Waals surface area contributed by atoms with Crippen molar-refractivity contribution in [2.24, 2.45) is 7.05 Å². The molecule has 11 heteroatoms. The maximum Gasteiger partial charge on any atom is 0.288 e. The monoisotopic (exact) mass is 338 g/mol. The van der Waals surface area contributed by atoms with Crippen molar-refractivity contribution in [1.82, 2.24) is 19.2 Å². The lowest BCUT2D eigenvalue weighted by Gasteiger charge is -2.12. The lowest BCUT2D eigenvalue weighted by atomic mass is 10.5. The van der Waals surface area contributed by atoms with Gasteiger partial charge in [0.1, 0.15) is 5.15 Å². The van der Waals surface area contributed by atoms with Gasteiger partial charge in [-0.3, -0.25) is 14.5 Å². The Balaban J connectivity index is 1.98.